The number of anilines is 1. The summed E-state index contributed by atoms with van der Waals surface area (Å²) in [5.41, 5.74) is 0.972. The van der Waals surface area contributed by atoms with Gasteiger partial charge in [0.05, 0.1) is 37.0 Å². The van der Waals surface area contributed by atoms with Crippen molar-refractivity contribution in [2.75, 3.05) is 18.1 Å². The van der Waals surface area contributed by atoms with Gasteiger partial charge >= 0.3 is 0 Å². The number of hydrogen-bond acceptors (Lipinski definition) is 5. The molecule has 2 aliphatic rings. The Hall–Kier alpha value is -2.79. The van der Waals surface area contributed by atoms with Crippen molar-refractivity contribution >= 4 is 40.1 Å². The number of amides is 2. The normalized spacial score (nSPS) is 23.7. The first-order valence-electron chi connectivity index (χ1n) is 14.0. The van der Waals surface area contributed by atoms with Gasteiger partial charge in [0, 0.05) is 34.1 Å². The molecule has 2 amide bonds. The summed E-state index contributed by atoms with van der Waals surface area (Å²) in [6.07, 6.45) is -0.723. The molecule has 2 aliphatic heterocycles. The number of carbonyl (C=O) groups excluding carboxylic acids is 2. The van der Waals surface area contributed by atoms with Gasteiger partial charge in [0.15, 0.2) is 5.60 Å². The molecule has 5 rings (SSSR count). The van der Waals surface area contributed by atoms with Crippen LogP contribution >= 0.6 is 22.6 Å². The number of fused-ring (bicyclic) bond motifs is 2. The van der Waals surface area contributed by atoms with Crippen LogP contribution < -0.4 is 4.90 Å². The summed E-state index contributed by atoms with van der Waals surface area (Å²) in [4.78, 5) is 31.6. The minimum atomic E-state index is -1.33. The summed E-state index contributed by atoms with van der Waals surface area (Å²) in [6, 6.07) is 25.4. The second-order valence-corrected chi connectivity index (χ2v) is 12.9. The number of benzene rings is 3. The Kier molecular flexibility index (Phi) is 8.57. The van der Waals surface area contributed by atoms with Gasteiger partial charge in [-0.15, -0.1) is 0 Å². The lowest BCUT2D eigenvalue weighted by Crippen LogP contribution is -2.46. The highest BCUT2D eigenvalue weighted by Gasteiger charge is 2.66. The standard InChI is InChI=1S/C33H37IN2O5/c1-22-30(32(2,3)40)28(19-29(38)35(16-17-37)20-23-10-6-4-7-11-23)41-33(22)26-18-25(34)14-15-27(26)36(31(33)39)21-24-12-8-5-9-13-24/h4-15,18,22,28,30,37,40H,16-17,19-21H2,1-3H3/t22-,28+,30-,33+/m1/s1. The van der Waals surface area contributed by atoms with Crippen molar-refractivity contribution in [3.05, 3.63) is 99.1 Å². The van der Waals surface area contributed by atoms with Gasteiger partial charge in [-0.25, -0.2) is 0 Å². The maximum atomic E-state index is 14.5. The molecule has 4 atom stereocenters. The quantitative estimate of drug-likeness (QED) is 0.318. The van der Waals surface area contributed by atoms with Crippen LogP contribution in [0.5, 0.6) is 0 Å². The summed E-state index contributed by atoms with van der Waals surface area (Å²) in [7, 11) is 0. The SMILES string of the molecule is C[C@@H]1[C@@H](C(C)(C)O)[C@H](CC(=O)N(CCO)Cc2ccccc2)O[C@@]12C(=O)N(Cc1ccccc1)c1ccc(I)cc12. The van der Waals surface area contributed by atoms with Crippen molar-refractivity contribution in [3.63, 3.8) is 0 Å². The second-order valence-electron chi connectivity index (χ2n) is 11.6. The first-order chi connectivity index (χ1) is 19.6. The third-order valence-electron chi connectivity index (χ3n) is 8.44. The fourth-order valence-electron chi connectivity index (χ4n) is 6.69. The number of rotatable bonds is 9. The van der Waals surface area contributed by atoms with E-state index in [0.717, 1.165) is 25.9 Å². The van der Waals surface area contributed by atoms with Crippen molar-refractivity contribution in [2.24, 2.45) is 11.8 Å². The van der Waals surface area contributed by atoms with Crippen LogP contribution in [0.1, 0.15) is 43.9 Å². The van der Waals surface area contributed by atoms with Gasteiger partial charge < -0.3 is 24.7 Å². The zero-order valence-corrected chi connectivity index (χ0v) is 25.8. The van der Waals surface area contributed by atoms with Crippen molar-refractivity contribution in [2.45, 2.75) is 57.6 Å². The number of aliphatic hydroxyl groups excluding tert-OH is 1. The molecule has 7 nitrogen and oxygen atoms in total. The molecule has 0 bridgehead atoms. The molecular weight excluding hydrogens is 631 g/mol. The van der Waals surface area contributed by atoms with Crippen LogP contribution in [-0.4, -0.2) is 51.8 Å². The highest BCUT2D eigenvalue weighted by Crippen LogP contribution is 2.58. The van der Waals surface area contributed by atoms with Crippen LogP contribution in [0, 0.1) is 15.4 Å². The molecule has 1 spiro atoms. The first-order valence-corrected chi connectivity index (χ1v) is 15.1. The molecule has 0 aliphatic carbocycles. The van der Waals surface area contributed by atoms with E-state index in [4.69, 9.17) is 4.74 Å². The Balaban J connectivity index is 1.50. The molecule has 0 aromatic heterocycles. The summed E-state index contributed by atoms with van der Waals surface area (Å²) < 4.78 is 7.78. The summed E-state index contributed by atoms with van der Waals surface area (Å²) in [5.74, 6) is -1.27. The zero-order valence-electron chi connectivity index (χ0n) is 23.7. The lowest BCUT2D eigenvalue weighted by atomic mass is 9.71. The zero-order chi connectivity index (χ0) is 29.4. The van der Waals surface area contributed by atoms with E-state index >= 15 is 0 Å². The number of aliphatic hydroxyl groups is 2. The van der Waals surface area contributed by atoms with Crippen LogP contribution in [0.25, 0.3) is 0 Å². The molecule has 2 heterocycles. The molecule has 3 aromatic carbocycles. The van der Waals surface area contributed by atoms with Crippen molar-refractivity contribution in [1.29, 1.82) is 0 Å². The highest BCUT2D eigenvalue weighted by atomic mass is 127. The topological polar surface area (TPSA) is 90.3 Å². The number of halogens is 1. The maximum Gasteiger partial charge on any atom is 0.264 e. The Morgan fingerprint density at radius 1 is 1.05 bits per heavy atom. The molecule has 1 fully saturated rings. The molecule has 0 unspecified atom stereocenters. The van der Waals surface area contributed by atoms with Gasteiger partial charge in [-0.3, -0.25) is 9.59 Å². The molecule has 3 aromatic rings. The third kappa shape index (κ3) is 5.67. The monoisotopic (exact) mass is 668 g/mol. The summed E-state index contributed by atoms with van der Waals surface area (Å²) in [6.45, 7) is 6.16. The van der Waals surface area contributed by atoms with E-state index in [1.54, 1.807) is 23.6 Å². The van der Waals surface area contributed by atoms with Gasteiger partial charge in [-0.2, -0.15) is 0 Å². The van der Waals surface area contributed by atoms with Gasteiger partial charge in [0.2, 0.25) is 5.91 Å². The van der Waals surface area contributed by atoms with E-state index in [2.05, 4.69) is 22.6 Å². The lowest BCUT2D eigenvalue weighted by molar-refractivity contribution is -0.150. The predicted octanol–water partition coefficient (Wildman–Crippen LogP) is 4.87. The largest absolute Gasteiger partial charge is 0.395 e. The predicted molar refractivity (Wildman–Crippen MR) is 166 cm³/mol. The number of ether oxygens (including phenoxy) is 1. The number of nitrogens with zero attached hydrogens (tertiary/aromatic N) is 2. The molecular formula is C33H37IN2O5. The van der Waals surface area contributed by atoms with Crippen LogP contribution in [0.4, 0.5) is 5.69 Å². The minimum Gasteiger partial charge on any atom is -0.395 e. The van der Waals surface area contributed by atoms with E-state index < -0.39 is 29.1 Å². The summed E-state index contributed by atoms with van der Waals surface area (Å²) >= 11 is 2.24. The van der Waals surface area contributed by atoms with Crippen molar-refractivity contribution in [3.8, 4) is 0 Å². The second kappa shape index (κ2) is 11.8. The fraction of sp³-hybridized carbons (Fsp3) is 0.394. The molecule has 1 saturated heterocycles. The van der Waals surface area contributed by atoms with E-state index in [9.17, 15) is 19.8 Å². The number of carbonyl (C=O) groups is 2. The molecule has 41 heavy (non-hydrogen) atoms. The lowest BCUT2D eigenvalue weighted by Gasteiger charge is -2.34. The van der Waals surface area contributed by atoms with E-state index in [1.807, 2.05) is 85.8 Å². The maximum absolute atomic E-state index is 14.5. The minimum absolute atomic E-state index is 0.0151. The smallest absolute Gasteiger partial charge is 0.264 e. The summed E-state index contributed by atoms with van der Waals surface area (Å²) in [5, 5.41) is 21.1. The number of hydrogen-bond donors (Lipinski definition) is 2. The van der Waals surface area contributed by atoms with Crippen molar-refractivity contribution < 1.29 is 24.5 Å². The fourth-order valence-corrected chi connectivity index (χ4v) is 7.18. The molecule has 8 heteroatoms. The Morgan fingerprint density at radius 3 is 2.29 bits per heavy atom. The van der Waals surface area contributed by atoms with Crippen LogP contribution in [0.2, 0.25) is 0 Å². The van der Waals surface area contributed by atoms with Gasteiger partial charge in [0.1, 0.15) is 0 Å². The van der Waals surface area contributed by atoms with Gasteiger partial charge in [-0.05, 0) is 65.8 Å². The molecule has 0 saturated carbocycles. The molecule has 2 N–H and O–H groups in total. The van der Waals surface area contributed by atoms with Gasteiger partial charge in [0.25, 0.3) is 5.91 Å². The average molecular weight is 669 g/mol. The van der Waals surface area contributed by atoms with Crippen LogP contribution in [-0.2, 0) is 33.0 Å². The Labute approximate surface area is 255 Å². The van der Waals surface area contributed by atoms with Crippen molar-refractivity contribution in [1.82, 2.24) is 4.90 Å². The Morgan fingerprint density at radius 2 is 1.68 bits per heavy atom. The highest BCUT2D eigenvalue weighted by molar-refractivity contribution is 14.1. The first kappa shape index (κ1) is 29.7. The third-order valence-corrected chi connectivity index (χ3v) is 9.12. The van der Waals surface area contributed by atoms with E-state index in [-0.39, 0.29) is 31.4 Å². The van der Waals surface area contributed by atoms with Crippen LogP contribution in [0.15, 0.2) is 78.9 Å². The molecule has 216 valence electrons. The molecule has 0 radical (unpaired) electrons. The Bertz CT molecular complexity index is 1390. The average Bonchev–Trinajstić information content (AvgIpc) is 3.36. The van der Waals surface area contributed by atoms with Gasteiger partial charge in [-0.1, -0.05) is 67.6 Å². The van der Waals surface area contributed by atoms with E-state index in [1.165, 1.54) is 0 Å². The van der Waals surface area contributed by atoms with E-state index in [0.29, 0.717) is 13.1 Å². The van der Waals surface area contributed by atoms with Crippen LogP contribution in [0.3, 0.4) is 0 Å².